The monoisotopic (exact) mass is 788 g/mol. The molecule has 8 aromatic carbocycles. The summed E-state index contributed by atoms with van der Waals surface area (Å²) in [6.07, 6.45) is 7.98. The second kappa shape index (κ2) is 13.3. The van der Waals surface area contributed by atoms with Crippen LogP contribution in [0.25, 0.3) is 33.1 Å². The fourth-order valence-electron chi connectivity index (χ4n) is 10.6. The molecule has 286 valence electrons. The van der Waals surface area contributed by atoms with Gasteiger partial charge >= 0.3 is 0 Å². The molecule has 3 unspecified atom stereocenters. The van der Waals surface area contributed by atoms with Crippen LogP contribution >= 0.6 is 7.14 Å². The summed E-state index contributed by atoms with van der Waals surface area (Å²) in [5, 5.41) is 5.05. The van der Waals surface area contributed by atoms with Crippen molar-refractivity contribution in [2.45, 2.75) is 18.8 Å². The van der Waals surface area contributed by atoms with Crippen molar-refractivity contribution in [3.8, 4) is 5.69 Å². The van der Waals surface area contributed by atoms with Crippen LogP contribution in [0, 0.1) is 5.92 Å². The zero-order valence-corrected chi connectivity index (χ0v) is 34.1. The van der Waals surface area contributed by atoms with E-state index in [9.17, 15) is 0 Å². The van der Waals surface area contributed by atoms with Gasteiger partial charge in [0.15, 0.2) is 7.14 Å². The van der Waals surface area contributed by atoms with Gasteiger partial charge in [0.05, 0.1) is 22.1 Å². The van der Waals surface area contributed by atoms with Gasteiger partial charge in [-0.2, -0.15) is 0 Å². The van der Waals surface area contributed by atoms with Crippen molar-refractivity contribution in [2.24, 2.45) is 5.92 Å². The highest BCUT2D eigenvalue weighted by Crippen LogP contribution is 2.61. The van der Waals surface area contributed by atoms with Crippen molar-refractivity contribution < 1.29 is 4.57 Å². The van der Waals surface area contributed by atoms with Gasteiger partial charge in [0.1, 0.15) is 0 Å². The Balaban J connectivity index is 1.20. The van der Waals surface area contributed by atoms with Gasteiger partial charge in [0, 0.05) is 43.7 Å². The van der Waals surface area contributed by atoms with Crippen LogP contribution in [0.2, 0.25) is 0 Å². The molecule has 3 nitrogen and oxygen atoms in total. The highest BCUT2D eigenvalue weighted by Gasteiger charge is 2.54. The Labute approximate surface area is 350 Å². The molecule has 0 fully saturated rings. The number of allylic oxidation sites excluding steroid dienone is 4. The minimum absolute atomic E-state index is 0.516. The molecular weight excluding hydrogens is 748 g/mol. The molecule has 12 rings (SSSR count). The van der Waals surface area contributed by atoms with E-state index >= 15 is 4.57 Å². The maximum atomic E-state index is 16.6. The lowest BCUT2D eigenvalue weighted by Crippen LogP contribution is -2.48. The van der Waals surface area contributed by atoms with Crippen LogP contribution in [0.3, 0.4) is 0 Å². The highest BCUT2D eigenvalue weighted by atomic mass is 31.2. The van der Waals surface area contributed by atoms with E-state index in [1.54, 1.807) is 0 Å². The molecule has 0 saturated heterocycles. The third-order valence-electron chi connectivity index (χ3n) is 13.1. The predicted octanol–water partition coefficient (Wildman–Crippen LogP) is 12.9. The Hall–Kier alpha value is -6.93. The number of aromatic nitrogens is 1. The average Bonchev–Trinajstić information content (AvgIpc) is 3.65. The Morgan fingerprint density at radius 1 is 0.567 bits per heavy atom. The molecule has 4 heteroatoms. The van der Waals surface area contributed by atoms with E-state index < -0.39 is 12.6 Å². The largest absolute Gasteiger partial charge is 0.310 e. The van der Waals surface area contributed by atoms with Crippen LogP contribution in [-0.4, -0.2) is 4.57 Å². The summed E-state index contributed by atoms with van der Waals surface area (Å²) in [6.45, 7) is 2.28. The van der Waals surface area contributed by atoms with Crippen LogP contribution in [-0.2, 0) is 9.98 Å². The van der Waals surface area contributed by atoms with Gasteiger partial charge in [-0.15, -0.1) is 0 Å². The molecule has 0 saturated carbocycles. The van der Waals surface area contributed by atoms with Crippen LogP contribution < -0.4 is 20.8 Å². The van der Waals surface area contributed by atoms with E-state index in [0.29, 0.717) is 5.92 Å². The van der Waals surface area contributed by atoms with Gasteiger partial charge in [0.25, 0.3) is 0 Å². The molecule has 0 radical (unpaired) electrons. The summed E-state index contributed by atoms with van der Waals surface area (Å²) in [5.41, 5.74) is 12.8. The van der Waals surface area contributed by atoms with Gasteiger partial charge in [-0.1, -0.05) is 165 Å². The fraction of sp³-hybridized carbons (Fsp3) is 0.0714. The maximum absolute atomic E-state index is 16.6. The van der Waals surface area contributed by atoms with Crippen LogP contribution in [0.4, 0.5) is 17.1 Å². The van der Waals surface area contributed by atoms with E-state index in [2.05, 4.69) is 211 Å². The second-order valence-corrected chi connectivity index (χ2v) is 19.1. The molecule has 3 aliphatic rings. The number of para-hydroxylation sites is 4. The number of nitrogens with zero attached hydrogens (tertiary/aromatic N) is 2. The van der Waals surface area contributed by atoms with E-state index in [0.717, 1.165) is 56.2 Å². The standard InChI is InChI=1S/C56H41N2OP/c1-38-16-14-17-40(36-38)39-30-32-42(33-31-39)57(41-18-4-2-5-19-41)43-34-35-54-50(37-43)56(48-25-10-13-29-53(48)60(54,59)44-20-6-3-7-21-44)47-24-9-12-28-52(47)58-51-27-11-8-22-45(51)46-23-15-26-49(56)55(46)58/h2-15,17-38H,16H2,1H3. The lowest BCUT2D eigenvalue weighted by molar-refractivity contribution is 0.590. The SMILES string of the molecule is CC1C=C(c2ccc(N(c3ccccc3)c3ccc4c(c3)C3(c5ccccc5-n5c6ccccc6c6cccc3c65)c3ccccc3P4(=O)c3ccccc3)cc2)C=CC1. The fourth-order valence-corrected chi connectivity index (χ4v) is 13.8. The number of anilines is 3. The van der Waals surface area contributed by atoms with E-state index in [1.807, 2.05) is 18.2 Å². The number of hydrogen-bond acceptors (Lipinski definition) is 2. The molecule has 3 atom stereocenters. The van der Waals surface area contributed by atoms with Gasteiger partial charge in [-0.05, 0) is 100 Å². The predicted molar refractivity (Wildman–Crippen MR) is 251 cm³/mol. The van der Waals surface area contributed by atoms with Gasteiger partial charge in [-0.3, -0.25) is 0 Å². The topological polar surface area (TPSA) is 25.2 Å². The van der Waals surface area contributed by atoms with Crippen molar-refractivity contribution >= 4 is 67.5 Å². The van der Waals surface area contributed by atoms with E-state index in [-0.39, 0.29) is 0 Å². The lowest BCUT2D eigenvalue weighted by atomic mass is 9.62. The first-order valence-corrected chi connectivity index (χ1v) is 22.6. The number of rotatable bonds is 5. The maximum Gasteiger partial charge on any atom is 0.171 e. The van der Waals surface area contributed by atoms with E-state index in [1.165, 1.54) is 44.1 Å². The number of benzene rings is 8. The first-order chi connectivity index (χ1) is 29.6. The Morgan fingerprint density at radius 2 is 1.20 bits per heavy atom. The zero-order chi connectivity index (χ0) is 40.0. The minimum atomic E-state index is -3.40. The molecular formula is C56H41N2OP. The van der Waals surface area contributed by atoms with Crippen molar-refractivity contribution in [2.75, 3.05) is 4.90 Å². The molecule has 0 N–H and O–H groups in total. The van der Waals surface area contributed by atoms with Gasteiger partial charge in [0.2, 0.25) is 0 Å². The van der Waals surface area contributed by atoms with Crippen molar-refractivity contribution in [3.05, 3.63) is 240 Å². The molecule has 9 aromatic rings. The van der Waals surface area contributed by atoms with Crippen LogP contribution in [0.15, 0.2) is 212 Å². The van der Waals surface area contributed by atoms with Crippen molar-refractivity contribution in [3.63, 3.8) is 0 Å². The third-order valence-corrected chi connectivity index (χ3v) is 16.3. The molecule has 1 aromatic heterocycles. The lowest BCUT2D eigenvalue weighted by Gasteiger charge is -2.48. The molecule has 1 aliphatic carbocycles. The quantitative estimate of drug-likeness (QED) is 0.162. The summed E-state index contributed by atoms with van der Waals surface area (Å²) in [5.74, 6) is 0.516. The van der Waals surface area contributed by atoms with Crippen LogP contribution in [0.5, 0.6) is 0 Å². The summed E-state index contributed by atoms with van der Waals surface area (Å²) in [4.78, 5) is 2.35. The third kappa shape index (κ3) is 4.81. The Bertz CT molecular complexity index is 3290. The summed E-state index contributed by atoms with van der Waals surface area (Å²) < 4.78 is 19.1. The minimum Gasteiger partial charge on any atom is -0.310 e. The molecule has 60 heavy (non-hydrogen) atoms. The summed E-state index contributed by atoms with van der Waals surface area (Å²) >= 11 is 0. The molecule has 1 spiro atoms. The average molecular weight is 789 g/mol. The normalized spacial score (nSPS) is 19.8. The van der Waals surface area contributed by atoms with Gasteiger partial charge < -0.3 is 14.0 Å². The Morgan fingerprint density at radius 3 is 2.02 bits per heavy atom. The smallest absolute Gasteiger partial charge is 0.171 e. The zero-order valence-electron chi connectivity index (χ0n) is 33.2. The number of fused-ring (bicyclic) bond motifs is 11. The Kier molecular flexibility index (Phi) is 7.77. The first-order valence-electron chi connectivity index (χ1n) is 20.9. The molecule has 0 bridgehead atoms. The first kappa shape index (κ1) is 35.1. The van der Waals surface area contributed by atoms with Gasteiger partial charge in [-0.25, -0.2) is 0 Å². The molecule has 3 heterocycles. The molecule has 2 aliphatic heterocycles. The second-order valence-electron chi connectivity index (χ2n) is 16.4. The number of hydrogen-bond donors (Lipinski definition) is 0. The van der Waals surface area contributed by atoms with Crippen molar-refractivity contribution in [1.82, 2.24) is 4.57 Å². The van der Waals surface area contributed by atoms with Crippen molar-refractivity contribution in [1.29, 1.82) is 0 Å². The van der Waals surface area contributed by atoms with E-state index in [4.69, 9.17) is 0 Å². The summed E-state index contributed by atoms with van der Waals surface area (Å²) in [6, 6.07) is 69.5. The van der Waals surface area contributed by atoms with Crippen LogP contribution in [0.1, 0.15) is 41.2 Å². The summed E-state index contributed by atoms with van der Waals surface area (Å²) in [7, 11) is -3.40. The molecule has 0 amide bonds. The highest BCUT2D eigenvalue weighted by molar-refractivity contribution is 7.85.